The van der Waals surface area contributed by atoms with E-state index in [9.17, 15) is 15.4 Å². The fourth-order valence-corrected chi connectivity index (χ4v) is 3.90. The van der Waals surface area contributed by atoms with Crippen molar-refractivity contribution in [1.82, 2.24) is 4.98 Å². The van der Waals surface area contributed by atoms with Crippen LogP contribution in [0.15, 0.2) is 64.4 Å². The fraction of sp³-hybridized carbons (Fsp3) is 0. The van der Waals surface area contributed by atoms with Gasteiger partial charge >= 0.3 is 0 Å². The van der Waals surface area contributed by atoms with Gasteiger partial charge in [-0.25, -0.2) is 4.98 Å². The Morgan fingerprint density at radius 1 is 1.10 bits per heavy atom. The number of allylic oxidation sites excluding steroid dienone is 1. The highest BCUT2D eigenvalue weighted by Crippen LogP contribution is 2.32. The number of aromatic nitrogens is 1. The average molecular weight is 468 g/mol. The number of halogens is 2. The van der Waals surface area contributed by atoms with Crippen molar-refractivity contribution in [3.63, 3.8) is 0 Å². The number of nitro groups is 1. The van der Waals surface area contributed by atoms with E-state index >= 15 is 0 Å². The van der Waals surface area contributed by atoms with E-state index in [1.54, 1.807) is 53.9 Å². The van der Waals surface area contributed by atoms with Crippen LogP contribution < -0.4 is 0 Å². The Morgan fingerprint density at radius 3 is 2.52 bits per heavy atom. The first-order chi connectivity index (χ1) is 14.9. The van der Waals surface area contributed by atoms with Crippen molar-refractivity contribution in [1.29, 1.82) is 5.26 Å². The molecule has 2 aromatic carbocycles. The van der Waals surface area contributed by atoms with E-state index in [0.29, 0.717) is 37.8 Å². The minimum Gasteiger partial charge on any atom is -0.457 e. The van der Waals surface area contributed by atoms with Crippen molar-refractivity contribution >= 4 is 51.9 Å². The monoisotopic (exact) mass is 467 g/mol. The smallest absolute Gasteiger partial charge is 0.269 e. The van der Waals surface area contributed by atoms with Crippen molar-refractivity contribution in [2.24, 2.45) is 0 Å². The summed E-state index contributed by atoms with van der Waals surface area (Å²) in [5.74, 6) is 1.08. The number of nitro benzene ring substituents is 1. The second-order valence-electron chi connectivity index (χ2n) is 6.34. The molecule has 2 aromatic heterocycles. The number of hydrogen-bond donors (Lipinski definition) is 0. The molecule has 4 rings (SSSR count). The molecule has 0 atom stereocenters. The van der Waals surface area contributed by atoms with Crippen LogP contribution in [0.2, 0.25) is 10.0 Å². The van der Waals surface area contributed by atoms with Crippen molar-refractivity contribution in [2.75, 3.05) is 0 Å². The van der Waals surface area contributed by atoms with Crippen molar-refractivity contribution in [3.05, 3.63) is 90.9 Å². The zero-order valence-corrected chi connectivity index (χ0v) is 17.9. The quantitative estimate of drug-likeness (QED) is 0.173. The summed E-state index contributed by atoms with van der Waals surface area (Å²) < 4.78 is 5.83. The lowest BCUT2D eigenvalue weighted by atomic mass is 10.1. The van der Waals surface area contributed by atoms with Crippen molar-refractivity contribution in [2.45, 2.75) is 0 Å². The first kappa shape index (κ1) is 20.8. The summed E-state index contributed by atoms with van der Waals surface area (Å²) in [6, 6.07) is 17.0. The van der Waals surface area contributed by atoms with Gasteiger partial charge in [-0.2, -0.15) is 5.26 Å². The molecule has 0 aliphatic heterocycles. The molecule has 6 nitrogen and oxygen atoms in total. The molecule has 0 unspecified atom stereocenters. The molecule has 0 aliphatic rings. The molecule has 0 N–H and O–H groups in total. The molecule has 31 heavy (non-hydrogen) atoms. The molecule has 152 valence electrons. The molecule has 0 aliphatic carbocycles. The van der Waals surface area contributed by atoms with Gasteiger partial charge in [-0.05, 0) is 42.5 Å². The molecule has 0 radical (unpaired) electrons. The largest absolute Gasteiger partial charge is 0.457 e. The van der Waals surface area contributed by atoms with Crippen LogP contribution in [0.25, 0.3) is 34.2 Å². The molecule has 0 bridgehead atoms. The van der Waals surface area contributed by atoms with Crippen LogP contribution in [0.3, 0.4) is 0 Å². The van der Waals surface area contributed by atoms with E-state index in [0.717, 1.165) is 11.1 Å². The molecule has 4 aromatic rings. The number of nitriles is 1. The SMILES string of the molecule is N#C/C(=C\c1ccc(-c2ccc(Cl)c(Cl)c2)o1)c1nc(-c2ccc([N+](=O)[O-])cc2)cs1. The number of non-ortho nitro benzene ring substituents is 1. The zero-order chi connectivity index (χ0) is 22.0. The van der Waals surface area contributed by atoms with Gasteiger partial charge in [-0.15, -0.1) is 11.3 Å². The third kappa shape index (κ3) is 4.52. The molecule has 9 heteroatoms. The van der Waals surface area contributed by atoms with Crippen LogP contribution in [-0.2, 0) is 0 Å². The lowest BCUT2D eigenvalue weighted by Crippen LogP contribution is -1.87. The van der Waals surface area contributed by atoms with E-state index in [-0.39, 0.29) is 5.69 Å². The van der Waals surface area contributed by atoms with Crippen LogP contribution >= 0.6 is 34.5 Å². The minimum absolute atomic E-state index is 0.00686. The summed E-state index contributed by atoms with van der Waals surface area (Å²) in [6.07, 6.45) is 1.61. The highest BCUT2D eigenvalue weighted by atomic mass is 35.5. The van der Waals surface area contributed by atoms with E-state index < -0.39 is 4.92 Å². The third-order valence-corrected chi connectivity index (χ3v) is 5.96. The first-order valence-corrected chi connectivity index (χ1v) is 10.5. The maximum Gasteiger partial charge on any atom is 0.269 e. The predicted octanol–water partition coefficient (Wildman–Crippen LogP) is 7.35. The third-order valence-electron chi connectivity index (χ3n) is 4.35. The van der Waals surface area contributed by atoms with Gasteiger partial charge in [0.2, 0.25) is 0 Å². The second kappa shape index (κ2) is 8.74. The summed E-state index contributed by atoms with van der Waals surface area (Å²) >= 11 is 13.3. The van der Waals surface area contributed by atoms with Gasteiger partial charge in [-0.3, -0.25) is 10.1 Å². The van der Waals surface area contributed by atoms with Gasteiger partial charge in [0.25, 0.3) is 5.69 Å². The van der Waals surface area contributed by atoms with E-state index in [4.69, 9.17) is 27.6 Å². The van der Waals surface area contributed by atoms with Gasteiger partial charge < -0.3 is 4.42 Å². The first-order valence-electron chi connectivity index (χ1n) is 8.82. The lowest BCUT2D eigenvalue weighted by Gasteiger charge is -1.99. The number of rotatable bonds is 5. The Kier molecular flexibility index (Phi) is 5.87. The maximum atomic E-state index is 10.8. The Bertz CT molecular complexity index is 1350. The summed E-state index contributed by atoms with van der Waals surface area (Å²) in [5.41, 5.74) is 2.47. The molecule has 0 fully saturated rings. The normalized spacial score (nSPS) is 11.3. The van der Waals surface area contributed by atoms with E-state index in [2.05, 4.69) is 11.1 Å². The van der Waals surface area contributed by atoms with Crippen LogP contribution in [-0.4, -0.2) is 9.91 Å². The molecular weight excluding hydrogens is 457 g/mol. The fourth-order valence-electron chi connectivity index (χ4n) is 2.80. The van der Waals surface area contributed by atoms with Gasteiger partial charge in [0, 0.05) is 34.7 Å². The standard InChI is InChI=1S/C22H11Cl2N3O3S/c23-18-7-3-14(10-19(18)24)21-8-6-17(30-21)9-15(11-25)22-26-20(12-31-22)13-1-4-16(5-2-13)27(28)29/h1-10,12H/b15-9+. The number of hydrogen-bond acceptors (Lipinski definition) is 6. The summed E-state index contributed by atoms with van der Waals surface area (Å²) in [5, 5.41) is 23.6. The molecule has 2 heterocycles. The number of benzene rings is 2. The Hall–Kier alpha value is -3.44. The molecular formula is C22H11Cl2N3O3S. The highest BCUT2D eigenvalue weighted by molar-refractivity contribution is 7.11. The van der Waals surface area contributed by atoms with Crippen LogP contribution in [0, 0.1) is 21.4 Å². The van der Waals surface area contributed by atoms with Crippen LogP contribution in [0.4, 0.5) is 5.69 Å². The predicted molar refractivity (Wildman–Crippen MR) is 122 cm³/mol. The Balaban J connectivity index is 1.60. The Morgan fingerprint density at radius 2 is 1.84 bits per heavy atom. The molecule has 0 saturated carbocycles. The molecule has 0 saturated heterocycles. The summed E-state index contributed by atoms with van der Waals surface area (Å²) in [4.78, 5) is 14.8. The van der Waals surface area contributed by atoms with Crippen molar-refractivity contribution < 1.29 is 9.34 Å². The summed E-state index contributed by atoms with van der Waals surface area (Å²) in [6.45, 7) is 0. The van der Waals surface area contributed by atoms with Gasteiger partial charge in [0.15, 0.2) is 0 Å². The molecule has 0 spiro atoms. The van der Waals surface area contributed by atoms with Gasteiger partial charge in [-0.1, -0.05) is 23.2 Å². The van der Waals surface area contributed by atoms with Crippen molar-refractivity contribution in [3.8, 4) is 28.7 Å². The van der Waals surface area contributed by atoms with Gasteiger partial charge in [0.05, 0.1) is 26.2 Å². The minimum atomic E-state index is -0.456. The summed E-state index contributed by atoms with van der Waals surface area (Å²) in [7, 11) is 0. The van der Waals surface area contributed by atoms with Crippen LogP contribution in [0.5, 0.6) is 0 Å². The molecule has 0 amide bonds. The van der Waals surface area contributed by atoms with Gasteiger partial charge in [0.1, 0.15) is 22.6 Å². The number of nitrogens with zero attached hydrogens (tertiary/aromatic N) is 3. The topological polar surface area (TPSA) is 93.0 Å². The highest BCUT2D eigenvalue weighted by Gasteiger charge is 2.12. The van der Waals surface area contributed by atoms with Crippen LogP contribution in [0.1, 0.15) is 10.8 Å². The zero-order valence-electron chi connectivity index (χ0n) is 15.6. The lowest BCUT2D eigenvalue weighted by molar-refractivity contribution is -0.384. The van der Waals surface area contributed by atoms with E-state index in [1.807, 2.05) is 0 Å². The maximum absolute atomic E-state index is 10.8. The average Bonchev–Trinajstić information content (AvgIpc) is 3.44. The number of thiazole rings is 1. The second-order valence-corrected chi connectivity index (χ2v) is 8.02. The van der Waals surface area contributed by atoms with E-state index in [1.165, 1.54) is 23.5 Å². The Labute approximate surface area is 190 Å². The number of furan rings is 1.